The number of carboxylic acid groups (broad SMARTS) is 1. The van der Waals surface area contributed by atoms with Crippen LogP contribution in [0.1, 0.15) is 0 Å². The molecule has 0 aliphatic carbocycles. The Kier molecular flexibility index (Phi) is 4.44. The van der Waals surface area contributed by atoms with Crippen molar-refractivity contribution in [1.29, 1.82) is 0 Å². The molecule has 0 aromatic carbocycles. The van der Waals surface area contributed by atoms with Gasteiger partial charge in [0.2, 0.25) is 0 Å². The molecule has 2 radical (unpaired) electrons. The van der Waals surface area contributed by atoms with Crippen molar-refractivity contribution in [2.24, 2.45) is 0 Å². The van der Waals surface area contributed by atoms with Gasteiger partial charge in [-0.05, 0) is 0 Å². The number of rotatable bonds is 0. The van der Waals surface area contributed by atoms with Crippen LogP contribution in [0.4, 0.5) is 13.2 Å². The first-order valence-corrected chi connectivity index (χ1v) is 1.24. The number of carboxylic acids is 1. The summed E-state index contributed by atoms with van der Waals surface area (Å²) in [6.45, 7) is 0. The SMILES string of the molecule is O=C(O)C(F)(F)F.[Bi+3]. The molecule has 0 aliphatic heterocycles. The summed E-state index contributed by atoms with van der Waals surface area (Å²) in [5.74, 6) is -2.76. The van der Waals surface area contributed by atoms with E-state index in [-0.39, 0.29) is 26.2 Å². The van der Waals surface area contributed by atoms with Crippen LogP contribution in [0.25, 0.3) is 0 Å². The van der Waals surface area contributed by atoms with Crippen LogP contribution < -0.4 is 0 Å². The molecule has 8 heavy (non-hydrogen) atoms. The Morgan fingerprint density at radius 1 is 1.38 bits per heavy atom. The van der Waals surface area contributed by atoms with Crippen molar-refractivity contribution in [3.8, 4) is 0 Å². The van der Waals surface area contributed by atoms with Gasteiger partial charge in [-0.25, -0.2) is 4.79 Å². The number of alkyl halides is 3. The summed E-state index contributed by atoms with van der Waals surface area (Å²) in [5, 5.41) is 7.12. The molecule has 0 bridgehead atoms. The monoisotopic (exact) mass is 323 g/mol. The first kappa shape index (κ1) is 11.0. The van der Waals surface area contributed by atoms with Crippen molar-refractivity contribution < 1.29 is 23.1 Å². The van der Waals surface area contributed by atoms with E-state index in [4.69, 9.17) is 9.90 Å². The summed E-state index contributed by atoms with van der Waals surface area (Å²) >= 11 is 0. The van der Waals surface area contributed by atoms with Gasteiger partial charge in [0.15, 0.2) is 0 Å². The largest absolute Gasteiger partial charge is 3.00 e. The minimum absolute atomic E-state index is 0. The second-order valence-electron chi connectivity index (χ2n) is 0.803. The van der Waals surface area contributed by atoms with Gasteiger partial charge in [0.1, 0.15) is 0 Å². The van der Waals surface area contributed by atoms with E-state index in [0.29, 0.717) is 0 Å². The summed E-state index contributed by atoms with van der Waals surface area (Å²) < 4.78 is 31.7. The third-order valence-corrected chi connectivity index (χ3v) is 0.243. The maximum Gasteiger partial charge on any atom is 3.00 e. The van der Waals surface area contributed by atoms with Gasteiger partial charge in [-0.3, -0.25) is 0 Å². The molecule has 0 fully saturated rings. The zero-order valence-corrected chi connectivity index (χ0v) is 6.91. The van der Waals surface area contributed by atoms with Gasteiger partial charge in [0.05, 0.1) is 0 Å². The third kappa shape index (κ3) is 4.31. The summed E-state index contributed by atoms with van der Waals surface area (Å²) in [6, 6.07) is 0. The van der Waals surface area contributed by atoms with E-state index < -0.39 is 12.1 Å². The van der Waals surface area contributed by atoms with E-state index in [0.717, 1.165) is 0 Å². The number of halogens is 3. The Labute approximate surface area is 61.8 Å². The fraction of sp³-hybridized carbons (Fsp3) is 0.500. The van der Waals surface area contributed by atoms with Crippen molar-refractivity contribution in [3.63, 3.8) is 0 Å². The maximum absolute atomic E-state index is 10.6. The molecule has 0 aromatic rings. The predicted octanol–water partition coefficient (Wildman–Crippen LogP) is 0.253. The smallest absolute Gasteiger partial charge is 0.475 e. The van der Waals surface area contributed by atoms with Gasteiger partial charge in [0, 0.05) is 0 Å². The van der Waals surface area contributed by atoms with Crippen LogP contribution in [-0.2, 0) is 4.79 Å². The van der Waals surface area contributed by atoms with Crippen LogP contribution in [0.3, 0.4) is 0 Å². The molecule has 44 valence electrons. The molecule has 0 saturated carbocycles. The second kappa shape index (κ2) is 3.22. The summed E-state index contributed by atoms with van der Waals surface area (Å²) in [6.07, 6.45) is -5.08. The number of hydrogen-bond acceptors (Lipinski definition) is 1. The van der Waals surface area contributed by atoms with E-state index in [1.165, 1.54) is 0 Å². The first-order chi connectivity index (χ1) is 2.94. The maximum atomic E-state index is 10.6. The Balaban J connectivity index is 0. The standard InChI is InChI=1S/C2HF3O2.Bi/c3-2(4,5)1(6)7;/h(H,6,7);/q;+3. The second-order valence-corrected chi connectivity index (χ2v) is 0.803. The van der Waals surface area contributed by atoms with Crippen LogP contribution in [0.2, 0.25) is 0 Å². The molecule has 6 heteroatoms. The number of aliphatic carboxylic acids is 1. The quantitative estimate of drug-likeness (QED) is 0.649. The molecule has 0 aliphatic rings. The van der Waals surface area contributed by atoms with Gasteiger partial charge in [-0.15, -0.1) is 0 Å². The minimum Gasteiger partial charge on any atom is -0.475 e. The Bertz CT molecular complexity index is 87.8. The van der Waals surface area contributed by atoms with Crippen molar-refractivity contribution in [3.05, 3.63) is 0 Å². The molecular weight excluding hydrogens is 322 g/mol. The van der Waals surface area contributed by atoms with Crippen LogP contribution in [0, 0.1) is 0 Å². The molecular formula is C2HBiF3O2+3. The van der Waals surface area contributed by atoms with Crippen LogP contribution in [-0.4, -0.2) is 43.5 Å². The van der Waals surface area contributed by atoms with Crippen molar-refractivity contribution >= 4 is 32.2 Å². The van der Waals surface area contributed by atoms with Gasteiger partial charge >= 0.3 is 38.3 Å². The Morgan fingerprint density at radius 3 is 1.50 bits per heavy atom. The Morgan fingerprint density at radius 2 is 1.50 bits per heavy atom. The molecule has 0 amide bonds. The molecule has 0 aromatic heterocycles. The predicted molar refractivity (Wildman–Crippen MR) is 19.4 cm³/mol. The van der Waals surface area contributed by atoms with E-state index in [2.05, 4.69) is 0 Å². The fourth-order valence-corrected chi connectivity index (χ4v) is 0. The molecule has 0 spiro atoms. The van der Waals surface area contributed by atoms with E-state index >= 15 is 0 Å². The number of hydrogen-bond donors (Lipinski definition) is 1. The fourth-order valence-electron chi connectivity index (χ4n) is 0. The van der Waals surface area contributed by atoms with Crippen molar-refractivity contribution in [1.82, 2.24) is 0 Å². The van der Waals surface area contributed by atoms with Crippen molar-refractivity contribution in [2.75, 3.05) is 0 Å². The molecule has 0 unspecified atom stereocenters. The molecule has 0 atom stereocenters. The normalized spacial score (nSPS) is 9.88. The van der Waals surface area contributed by atoms with Crippen LogP contribution in [0.5, 0.6) is 0 Å². The molecule has 0 saturated heterocycles. The van der Waals surface area contributed by atoms with Gasteiger partial charge < -0.3 is 5.11 Å². The van der Waals surface area contributed by atoms with E-state index in [9.17, 15) is 13.2 Å². The first-order valence-electron chi connectivity index (χ1n) is 1.24. The topological polar surface area (TPSA) is 37.3 Å². The van der Waals surface area contributed by atoms with Crippen LogP contribution >= 0.6 is 0 Å². The van der Waals surface area contributed by atoms with E-state index in [1.54, 1.807) is 0 Å². The molecule has 0 heterocycles. The minimum atomic E-state index is -5.08. The van der Waals surface area contributed by atoms with Gasteiger partial charge in [-0.2, -0.15) is 13.2 Å². The average molecular weight is 323 g/mol. The van der Waals surface area contributed by atoms with Crippen LogP contribution in [0.15, 0.2) is 0 Å². The average Bonchev–Trinajstić information content (AvgIpc) is 1.31. The zero-order chi connectivity index (χ0) is 6.08. The summed E-state index contributed by atoms with van der Waals surface area (Å²) in [5.41, 5.74) is 0. The molecule has 0 rings (SSSR count). The van der Waals surface area contributed by atoms with Gasteiger partial charge in [0.25, 0.3) is 0 Å². The zero-order valence-electron chi connectivity index (χ0n) is 3.44. The molecule has 2 nitrogen and oxygen atoms in total. The molecule has 1 N–H and O–H groups in total. The van der Waals surface area contributed by atoms with E-state index in [1.807, 2.05) is 0 Å². The number of carbonyl (C=O) groups is 1. The van der Waals surface area contributed by atoms with Crippen molar-refractivity contribution in [2.45, 2.75) is 6.18 Å². The third-order valence-electron chi connectivity index (χ3n) is 0.243. The summed E-state index contributed by atoms with van der Waals surface area (Å²) in [4.78, 5) is 8.90. The van der Waals surface area contributed by atoms with Gasteiger partial charge in [-0.1, -0.05) is 0 Å². The Hall–Kier alpha value is 0.143. The summed E-state index contributed by atoms with van der Waals surface area (Å²) in [7, 11) is 0.